The number of H-pyrrole nitrogens is 1. The number of likely N-dealkylation sites (tertiary alicyclic amines) is 1. The molecule has 4 rings (SSSR count). The molecular weight excluding hydrogens is 410 g/mol. The van der Waals surface area contributed by atoms with Crippen molar-refractivity contribution >= 4 is 50.2 Å². The highest BCUT2D eigenvalue weighted by Gasteiger charge is 2.19. The lowest BCUT2D eigenvalue weighted by Gasteiger charge is -2.16. The van der Waals surface area contributed by atoms with Crippen molar-refractivity contribution in [1.82, 2.24) is 25.1 Å². The van der Waals surface area contributed by atoms with Gasteiger partial charge in [-0.1, -0.05) is 0 Å². The molecule has 3 N–H and O–H groups in total. The van der Waals surface area contributed by atoms with Gasteiger partial charge in [0.1, 0.15) is 5.82 Å². The number of nitrogens with one attached hydrogen (secondary N) is 3. The van der Waals surface area contributed by atoms with E-state index in [9.17, 15) is 4.79 Å². The molecular formula is C18H20BrN7O. The highest BCUT2D eigenvalue weighted by atomic mass is 79.9. The average Bonchev–Trinajstić information content (AvgIpc) is 3.29. The molecule has 2 aromatic heterocycles. The number of anilines is 3. The Bertz CT molecular complexity index is 958. The molecule has 9 heteroatoms. The van der Waals surface area contributed by atoms with Crippen LogP contribution in [0.3, 0.4) is 0 Å². The van der Waals surface area contributed by atoms with Crippen molar-refractivity contribution in [2.45, 2.75) is 19.3 Å². The molecule has 0 bridgehead atoms. The van der Waals surface area contributed by atoms with Crippen LogP contribution >= 0.6 is 15.9 Å². The first-order valence-electron chi connectivity index (χ1n) is 8.93. The summed E-state index contributed by atoms with van der Waals surface area (Å²) in [5, 5.41) is 14.5. The van der Waals surface area contributed by atoms with Crippen LogP contribution in [0, 0.1) is 0 Å². The second-order valence-corrected chi connectivity index (χ2v) is 7.31. The van der Waals surface area contributed by atoms with Gasteiger partial charge in [0, 0.05) is 43.3 Å². The molecule has 0 saturated carbocycles. The molecule has 1 saturated heterocycles. The minimum atomic E-state index is 0.263. The predicted molar refractivity (Wildman–Crippen MR) is 108 cm³/mol. The Morgan fingerprint density at radius 3 is 3.07 bits per heavy atom. The van der Waals surface area contributed by atoms with Crippen molar-refractivity contribution in [2.24, 2.45) is 0 Å². The number of fused-ring (bicyclic) bond motifs is 1. The normalized spacial score (nSPS) is 14.1. The van der Waals surface area contributed by atoms with Gasteiger partial charge >= 0.3 is 0 Å². The zero-order chi connectivity index (χ0) is 18.6. The smallest absolute Gasteiger partial charge is 0.229 e. The zero-order valence-corrected chi connectivity index (χ0v) is 16.3. The van der Waals surface area contributed by atoms with Crippen LogP contribution in [0.5, 0.6) is 0 Å². The summed E-state index contributed by atoms with van der Waals surface area (Å²) >= 11 is 3.48. The fourth-order valence-corrected chi connectivity index (χ4v) is 3.44. The number of carbonyl (C=O) groups excluding carboxylic acids is 1. The van der Waals surface area contributed by atoms with Gasteiger partial charge in [0.2, 0.25) is 11.9 Å². The molecule has 1 fully saturated rings. The van der Waals surface area contributed by atoms with Crippen LogP contribution in [0.1, 0.15) is 19.3 Å². The summed E-state index contributed by atoms with van der Waals surface area (Å²) in [7, 11) is 0. The highest BCUT2D eigenvalue weighted by molar-refractivity contribution is 9.10. The molecule has 27 heavy (non-hydrogen) atoms. The molecule has 0 atom stereocenters. The fraction of sp³-hybridized carbons (Fsp3) is 0.333. The molecule has 0 spiro atoms. The largest absolute Gasteiger partial charge is 0.369 e. The van der Waals surface area contributed by atoms with Crippen molar-refractivity contribution in [1.29, 1.82) is 0 Å². The van der Waals surface area contributed by atoms with E-state index in [0.29, 0.717) is 12.4 Å². The van der Waals surface area contributed by atoms with E-state index in [-0.39, 0.29) is 5.91 Å². The number of aromatic nitrogens is 4. The van der Waals surface area contributed by atoms with Crippen LogP contribution in [0.4, 0.5) is 17.5 Å². The van der Waals surface area contributed by atoms with Gasteiger partial charge < -0.3 is 15.5 Å². The summed E-state index contributed by atoms with van der Waals surface area (Å²) in [6.07, 6.45) is 6.04. The second kappa shape index (κ2) is 7.91. The predicted octanol–water partition coefficient (Wildman–Crippen LogP) is 3.28. The minimum Gasteiger partial charge on any atom is -0.369 e. The molecule has 1 aliphatic rings. The van der Waals surface area contributed by atoms with E-state index in [1.165, 1.54) is 0 Å². The van der Waals surface area contributed by atoms with Crippen LogP contribution in [0.15, 0.2) is 35.1 Å². The van der Waals surface area contributed by atoms with Crippen LogP contribution in [-0.4, -0.2) is 50.6 Å². The number of rotatable bonds is 7. The Labute approximate surface area is 164 Å². The summed E-state index contributed by atoms with van der Waals surface area (Å²) in [6, 6.07) is 5.91. The molecule has 1 aliphatic heterocycles. The molecule has 8 nitrogen and oxygen atoms in total. The molecule has 3 aromatic rings. The number of halogens is 1. The monoisotopic (exact) mass is 429 g/mol. The lowest BCUT2D eigenvalue weighted by atomic mass is 10.2. The Morgan fingerprint density at radius 1 is 1.30 bits per heavy atom. The fourth-order valence-electron chi connectivity index (χ4n) is 3.11. The standard InChI is InChI=1S/C18H20BrN7O/c19-14-11-21-18(23-13-5-4-12-10-22-25-15(12)9-13)24-17(14)20-6-2-8-26-7-1-3-16(26)27/h4-5,9-11H,1-3,6-8H2,(H,22,25)(H2,20,21,23,24). The van der Waals surface area contributed by atoms with Gasteiger partial charge in [-0.15, -0.1) is 0 Å². The van der Waals surface area contributed by atoms with E-state index < -0.39 is 0 Å². The van der Waals surface area contributed by atoms with Gasteiger partial charge in [-0.3, -0.25) is 9.89 Å². The third-order valence-corrected chi connectivity index (χ3v) is 5.09. The summed E-state index contributed by atoms with van der Waals surface area (Å²) in [5.74, 6) is 1.50. The van der Waals surface area contributed by atoms with E-state index in [1.807, 2.05) is 23.1 Å². The third kappa shape index (κ3) is 4.19. The number of aromatic amines is 1. The average molecular weight is 430 g/mol. The van der Waals surface area contributed by atoms with E-state index in [2.05, 4.69) is 46.7 Å². The minimum absolute atomic E-state index is 0.263. The SMILES string of the molecule is O=C1CCCN1CCCNc1nc(Nc2ccc3cn[nH]c3c2)ncc1Br. The Morgan fingerprint density at radius 2 is 2.22 bits per heavy atom. The van der Waals surface area contributed by atoms with Gasteiger partial charge in [0.05, 0.1) is 16.2 Å². The summed E-state index contributed by atoms with van der Waals surface area (Å²) in [6.45, 7) is 2.40. The number of hydrogen-bond acceptors (Lipinski definition) is 6. The van der Waals surface area contributed by atoms with Crippen molar-refractivity contribution in [3.05, 3.63) is 35.1 Å². The maximum atomic E-state index is 11.6. The van der Waals surface area contributed by atoms with Crippen LogP contribution < -0.4 is 10.6 Å². The molecule has 1 amide bonds. The Kier molecular flexibility index (Phi) is 5.19. The number of amides is 1. The summed E-state index contributed by atoms with van der Waals surface area (Å²) in [5.41, 5.74) is 1.83. The van der Waals surface area contributed by atoms with Gasteiger partial charge in [0.25, 0.3) is 0 Å². The summed E-state index contributed by atoms with van der Waals surface area (Å²) in [4.78, 5) is 22.4. The number of carbonyl (C=O) groups is 1. The first-order valence-corrected chi connectivity index (χ1v) is 9.73. The molecule has 0 aliphatic carbocycles. The lowest BCUT2D eigenvalue weighted by molar-refractivity contribution is -0.127. The van der Waals surface area contributed by atoms with Gasteiger partial charge in [-0.25, -0.2) is 4.98 Å². The molecule has 140 valence electrons. The third-order valence-electron chi connectivity index (χ3n) is 4.51. The van der Waals surface area contributed by atoms with Crippen LogP contribution in [0.2, 0.25) is 0 Å². The van der Waals surface area contributed by atoms with Crippen molar-refractivity contribution in [3.63, 3.8) is 0 Å². The maximum absolute atomic E-state index is 11.6. The first kappa shape index (κ1) is 17.7. The number of nitrogens with zero attached hydrogens (tertiary/aromatic N) is 4. The first-order chi connectivity index (χ1) is 13.2. The Hall–Kier alpha value is -2.68. The van der Waals surface area contributed by atoms with Crippen LogP contribution in [0.25, 0.3) is 10.9 Å². The van der Waals surface area contributed by atoms with E-state index in [0.717, 1.165) is 59.4 Å². The topological polar surface area (TPSA) is 98.8 Å². The summed E-state index contributed by atoms with van der Waals surface area (Å²) < 4.78 is 0.800. The van der Waals surface area contributed by atoms with Crippen LogP contribution in [-0.2, 0) is 4.79 Å². The highest BCUT2D eigenvalue weighted by Crippen LogP contribution is 2.23. The molecule has 0 radical (unpaired) electrons. The van der Waals surface area contributed by atoms with Gasteiger partial charge in [-0.05, 0) is 47.0 Å². The quantitative estimate of drug-likeness (QED) is 0.498. The molecule has 1 aromatic carbocycles. The van der Waals surface area contributed by atoms with Crippen molar-refractivity contribution in [3.8, 4) is 0 Å². The maximum Gasteiger partial charge on any atom is 0.229 e. The van der Waals surface area contributed by atoms with E-state index >= 15 is 0 Å². The molecule has 0 unspecified atom stereocenters. The number of benzene rings is 1. The zero-order valence-electron chi connectivity index (χ0n) is 14.7. The second-order valence-electron chi connectivity index (χ2n) is 6.45. The Balaban J connectivity index is 1.36. The van der Waals surface area contributed by atoms with Gasteiger partial charge in [0.15, 0.2) is 0 Å². The van der Waals surface area contributed by atoms with Crippen molar-refractivity contribution in [2.75, 3.05) is 30.3 Å². The van der Waals surface area contributed by atoms with E-state index in [1.54, 1.807) is 12.4 Å². The number of hydrogen-bond donors (Lipinski definition) is 3. The van der Waals surface area contributed by atoms with Crippen molar-refractivity contribution < 1.29 is 4.79 Å². The lowest BCUT2D eigenvalue weighted by Crippen LogP contribution is -2.27. The van der Waals surface area contributed by atoms with E-state index in [4.69, 9.17) is 0 Å². The van der Waals surface area contributed by atoms with Gasteiger partial charge in [-0.2, -0.15) is 10.1 Å². The molecule has 3 heterocycles.